The van der Waals surface area contributed by atoms with Gasteiger partial charge in [-0.3, -0.25) is 0 Å². The maximum atomic E-state index is 3.91. The molecule has 0 aromatic heterocycles. The van der Waals surface area contributed by atoms with Crippen molar-refractivity contribution in [2.45, 2.75) is 20.3 Å². The molecule has 0 bridgehead atoms. The maximum absolute atomic E-state index is 3.91. The highest BCUT2D eigenvalue weighted by Gasteiger charge is 1.76. The topological polar surface area (TPSA) is 26.1 Å². The summed E-state index contributed by atoms with van der Waals surface area (Å²) in [6.45, 7) is 6.02. The third-order valence-corrected chi connectivity index (χ3v) is 0.632. The summed E-state index contributed by atoms with van der Waals surface area (Å²) in [6, 6.07) is 0. The Hall–Kier alpha value is -0.0800. The van der Waals surface area contributed by atoms with Crippen LogP contribution in [-0.2, 0) is 0 Å². The Morgan fingerprint density at radius 2 is 2.14 bits per heavy atom. The Kier molecular flexibility index (Phi) is 5.85. The lowest BCUT2D eigenvalue weighted by Gasteiger charge is -1.95. The van der Waals surface area contributed by atoms with E-state index >= 15 is 0 Å². The minimum absolute atomic E-state index is 0.875. The van der Waals surface area contributed by atoms with E-state index in [1.165, 1.54) is 0 Å². The van der Waals surface area contributed by atoms with Crippen LogP contribution in [-0.4, -0.2) is 13.1 Å². The molecule has 43 valence electrons. The van der Waals surface area contributed by atoms with Crippen LogP contribution in [0.15, 0.2) is 0 Å². The summed E-state index contributed by atoms with van der Waals surface area (Å²) in [4.78, 5) is 0. The normalized spacial score (nSPS) is 9.43. The summed E-state index contributed by atoms with van der Waals surface area (Å²) in [7, 11) is 0. The standard InChI is InChI=1S/C5H13N2/c1-3-5-7-6-4-2/h7H,3-5H2,1-2H3. The summed E-state index contributed by atoms with van der Waals surface area (Å²) in [5.41, 5.74) is 6.82. The first-order chi connectivity index (χ1) is 3.41. The van der Waals surface area contributed by atoms with E-state index in [0.717, 1.165) is 19.5 Å². The third kappa shape index (κ3) is 5.92. The predicted octanol–water partition coefficient (Wildman–Crippen LogP) is 0.525. The SMILES string of the molecule is CCCN[N]CC. The molecular weight excluding hydrogens is 88.1 g/mol. The molecular formula is C5H13N2. The minimum atomic E-state index is 0.875. The molecule has 0 aliphatic heterocycles. The van der Waals surface area contributed by atoms with Gasteiger partial charge in [0, 0.05) is 13.1 Å². The average molecular weight is 101 g/mol. The van der Waals surface area contributed by atoms with Crippen LogP contribution in [0, 0.1) is 0 Å². The van der Waals surface area contributed by atoms with Gasteiger partial charge in [-0.1, -0.05) is 6.92 Å². The lowest BCUT2D eigenvalue weighted by Crippen LogP contribution is -2.24. The number of rotatable bonds is 4. The van der Waals surface area contributed by atoms with E-state index in [1.54, 1.807) is 0 Å². The predicted molar refractivity (Wildman–Crippen MR) is 31.0 cm³/mol. The first kappa shape index (κ1) is 6.92. The highest BCUT2D eigenvalue weighted by molar-refractivity contribution is 4.32. The highest BCUT2D eigenvalue weighted by atomic mass is 15.3. The Balaban J connectivity index is 2.45. The van der Waals surface area contributed by atoms with Crippen LogP contribution >= 0.6 is 0 Å². The van der Waals surface area contributed by atoms with Gasteiger partial charge in [0.25, 0.3) is 0 Å². The van der Waals surface area contributed by atoms with Gasteiger partial charge >= 0.3 is 0 Å². The lowest BCUT2D eigenvalue weighted by atomic mass is 10.5. The molecule has 0 rings (SSSR count). The highest BCUT2D eigenvalue weighted by Crippen LogP contribution is 1.64. The zero-order valence-corrected chi connectivity index (χ0v) is 5.07. The van der Waals surface area contributed by atoms with Crippen molar-refractivity contribution < 1.29 is 0 Å². The monoisotopic (exact) mass is 101 g/mol. The molecule has 2 heteroatoms. The molecule has 7 heavy (non-hydrogen) atoms. The molecule has 2 nitrogen and oxygen atoms in total. The van der Waals surface area contributed by atoms with E-state index in [1.807, 2.05) is 6.92 Å². The molecule has 0 aliphatic rings. The molecule has 0 fully saturated rings. The molecule has 0 saturated carbocycles. The fourth-order valence-corrected chi connectivity index (χ4v) is 0.303. The Morgan fingerprint density at radius 3 is 2.57 bits per heavy atom. The van der Waals surface area contributed by atoms with Crippen molar-refractivity contribution in [1.29, 1.82) is 0 Å². The quantitative estimate of drug-likeness (QED) is 0.405. The van der Waals surface area contributed by atoms with E-state index in [9.17, 15) is 0 Å². The van der Waals surface area contributed by atoms with Crippen LogP contribution in [0.5, 0.6) is 0 Å². The molecule has 1 N–H and O–H groups in total. The summed E-state index contributed by atoms with van der Waals surface area (Å²) in [5.74, 6) is 0. The van der Waals surface area contributed by atoms with Crippen molar-refractivity contribution in [3.8, 4) is 0 Å². The van der Waals surface area contributed by atoms with E-state index in [4.69, 9.17) is 0 Å². The zero-order valence-electron chi connectivity index (χ0n) is 5.07. The van der Waals surface area contributed by atoms with Crippen LogP contribution < -0.4 is 10.9 Å². The van der Waals surface area contributed by atoms with Crippen molar-refractivity contribution in [2.75, 3.05) is 13.1 Å². The van der Waals surface area contributed by atoms with Gasteiger partial charge in [-0.25, -0.2) is 5.43 Å². The molecule has 0 saturated heterocycles. The smallest absolute Gasteiger partial charge is 0.0275 e. The van der Waals surface area contributed by atoms with Crippen molar-refractivity contribution in [3.05, 3.63) is 0 Å². The number of nitrogens with zero attached hydrogens (tertiary/aromatic N) is 1. The van der Waals surface area contributed by atoms with Gasteiger partial charge in [0.2, 0.25) is 0 Å². The largest absolute Gasteiger partial charge is 0.240 e. The van der Waals surface area contributed by atoms with Gasteiger partial charge in [-0.15, -0.1) is 0 Å². The third-order valence-electron chi connectivity index (χ3n) is 0.632. The lowest BCUT2D eigenvalue weighted by molar-refractivity contribution is 0.536. The van der Waals surface area contributed by atoms with Crippen LogP contribution in [0.4, 0.5) is 0 Å². The molecule has 1 radical (unpaired) electrons. The number of hydrogen-bond acceptors (Lipinski definition) is 1. The van der Waals surface area contributed by atoms with Crippen molar-refractivity contribution in [3.63, 3.8) is 0 Å². The molecule has 0 aromatic rings. The molecule has 0 amide bonds. The molecule has 0 spiro atoms. The second kappa shape index (κ2) is 5.92. The molecule has 0 atom stereocenters. The van der Waals surface area contributed by atoms with Gasteiger partial charge in [0.1, 0.15) is 0 Å². The number of nitrogens with one attached hydrogen (secondary N) is 1. The summed E-state index contributed by atoms with van der Waals surface area (Å²) in [5, 5.41) is 0. The molecule has 0 unspecified atom stereocenters. The number of hydrogen-bond donors (Lipinski definition) is 1. The van der Waals surface area contributed by atoms with Gasteiger partial charge in [0.15, 0.2) is 0 Å². The van der Waals surface area contributed by atoms with Crippen LogP contribution in [0.2, 0.25) is 0 Å². The van der Waals surface area contributed by atoms with E-state index < -0.39 is 0 Å². The van der Waals surface area contributed by atoms with Crippen LogP contribution in [0.1, 0.15) is 20.3 Å². The average Bonchev–Trinajstić information content (AvgIpc) is 1.69. The Bertz CT molecular complexity index is 25.3. The second-order valence-electron chi connectivity index (χ2n) is 1.38. The van der Waals surface area contributed by atoms with Gasteiger partial charge in [0.05, 0.1) is 0 Å². The van der Waals surface area contributed by atoms with E-state index in [-0.39, 0.29) is 0 Å². The fraction of sp³-hybridized carbons (Fsp3) is 1.00. The summed E-state index contributed by atoms with van der Waals surface area (Å²) >= 11 is 0. The minimum Gasteiger partial charge on any atom is -0.240 e. The van der Waals surface area contributed by atoms with Gasteiger partial charge < -0.3 is 0 Å². The van der Waals surface area contributed by atoms with Crippen LogP contribution in [0.25, 0.3) is 0 Å². The maximum Gasteiger partial charge on any atom is 0.0275 e. The molecule has 0 aromatic carbocycles. The summed E-state index contributed by atoms with van der Waals surface area (Å²) < 4.78 is 0. The second-order valence-corrected chi connectivity index (χ2v) is 1.38. The van der Waals surface area contributed by atoms with Gasteiger partial charge in [-0.05, 0) is 13.3 Å². The zero-order chi connectivity index (χ0) is 5.54. The van der Waals surface area contributed by atoms with Crippen molar-refractivity contribution in [2.24, 2.45) is 0 Å². The van der Waals surface area contributed by atoms with E-state index in [0.29, 0.717) is 0 Å². The Morgan fingerprint density at radius 1 is 1.43 bits per heavy atom. The van der Waals surface area contributed by atoms with Crippen molar-refractivity contribution in [1.82, 2.24) is 10.9 Å². The first-order valence-corrected chi connectivity index (χ1v) is 2.81. The van der Waals surface area contributed by atoms with Gasteiger partial charge in [-0.2, -0.15) is 5.43 Å². The van der Waals surface area contributed by atoms with Crippen molar-refractivity contribution >= 4 is 0 Å². The summed E-state index contributed by atoms with van der Waals surface area (Å²) in [6.07, 6.45) is 1.16. The van der Waals surface area contributed by atoms with Crippen LogP contribution in [0.3, 0.4) is 0 Å². The Labute approximate surface area is 45.3 Å². The molecule has 0 aliphatic carbocycles. The first-order valence-electron chi connectivity index (χ1n) is 2.81. The molecule has 0 heterocycles. The fourth-order valence-electron chi connectivity index (χ4n) is 0.303. The van der Waals surface area contributed by atoms with E-state index in [2.05, 4.69) is 17.8 Å².